The van der Waals surface area contributed by atoms with Crippen molar-refractivity contribution in [1.82, 2.24) is 15.1 Å². The van der Waals surface area contributed by atoms with E-state index >= 15 is 0 Å². The van der Waals surface area contributed by atoms with Crippen molar-refractivity contribution in [2.75, 3.05) is 0 Å². The van der Waals surface area contributed by atoms with E-state index in [-0.39, 0.29) is 5.92 Å². The van der Waals surface area contributed by atoms with E-state index in [1.165, 1.54) is 0 Å². The molecule has 0 aliphatic rings. The van der Waals surface area contributed by atoms with Gasteiger partial charge in [-0.15, -0.1) is 0 Å². The molecule has 1 unspecified atom stereocenters. The molecular weight excluding hydrogens is 204 g/mol. The van der Waals surface area contributed by atoms with Gasteiger partial charge in [0.1, 0.15) is 5.69 Å². The highest BCUT2D eigenvalue weighted by Gasteiger charge is 2.11. The molecule has 0 saturated carbocycles. The molecule has 0 amide bonds. The van der Waals surface area contributed by atoms with Crippen LogP contribution in [-0.4, -0.2) is 15.1 Å². The third-order valence-electron chi connectivity index (χ3n) is 2.06. The Labute approximate surface area is 92.7 Å². The maximum Gasteiger partial charge on any atom is 0.228 e. The highest BCUT2D eigenvalue weighted by Crippen LogP contribution is 2.13. The molecule has 2 aromatic rings. The van der Waals surface area contributed by atoms with Gasteiger partial charge in [-0.1, -0.05) is 11.2 Å². The Bertz CT molecular complexity index is 500. The molecule has 0 aromatic carbocycles. The number of nitrogens with zero attached hydrogens (tertiary/aromatic N) is 4. The van der Waals surface area contributed by atoms with Crippen molar-refractivity contribution in [3.8, 4) is 17.6 Å². The van der Waals surface area contributed by atoms with Gasteiger partial charge in [0.25, 0.3) is 0 Å². The van der Waals surface area contributed by atoms with Gasteiger partial charge in [0.05, 0.1) is 12.0 Å². The molecule has 0 fully saturated rings. The van der Waals surface area contributed by atoms with Gasteiger partial charge in [0.2, 0.25) is 11.7 Å². The maximum absolute atomic E-state index is 8.67. The SMILES string of the molecule is CC(C#N)Cc1nc(-c2ccccn2)no1. The number of nitriles is 1. The first-order valence-corrected chi connectivity index (χ1v) is 4.93. The molecule has 0 spiro atoms. The van der Waals surface area contributed by atoms with Crippen LogP contribution in [0.25, 0.3) is 11.5 Å². The van der Waals surface area contributed by atoms with E-state index in [4.69, 9.17) is 9.78 Å². The summed E-state index contributed by atoms with van der Waals surface area (Å²) in [6, 6.07) is 7.61. The first-order valence-electron chi connectivity index (χ1n) is 4.93. The molecule has 5 nitrogen and oxygen atoms in total. The third kappa shape index (κ3) is 2.23. The minimum Gasteiger partial charge on any atom is -0.339 e. The largest absolute Gasteiger partial charge is 0.339 e. The van der Waals surface area contributed by atoms with Gasteiger partial charge in [-0.05, 0) is 19.1 Å². The van der Waals surface area contributed by atoms with Gasteiger partial charge in [0, 0.05) is 12.6 Å². The molecule has 0 aliphatic carbocycles. The summed E-state index contributed by atoms with van der Waals surface area (Å²) in [6.45, 7) is 1.81. The molecule has 5 heteroatoms. The van der Waals surface area contributed by atoms with E-state index in [1.54, 1.807) is 6.20 Å². The van der Waals surface area contributed by atoms with Crippen molar-refractivity contribution in [2.24, 2.45) is 5.92 Å². The minimum atomic E-state index is -0.128. The molecule has 0 aliphatic heterocycles. The number of hydrogen-bond donors (Lipinski definition) is 0. The number of rotatable bonds is 3. The van der Waals surface area contributed by atoms with Crippen molar-refractivity contribution in [3.05, 3.63) is 30.3 Å². The molecule has 0 N–H and O–H groups in total. The Morgan fingerprint density at radius 1 is 1.50 bits per heavy atom. The fraction of sp³-hybridized carbons (Fsp3) is 0.273. The summed E-state index contributed by atoms with van der Waals surface area (Å²) in [5, 5.41) is 12.5. The molecule has 2 aromatic heterocycles. The first-order chi connectivity index (χ1) is 7.79. The van der Waals surface area contributed by atoms with Crippen LogP contribution in [0.2, 0.25) is 0 Å². The van der Waals surface area contributed by atoms with Crippen LogP contribution in [0.5, 0.6) is 0 Å². The van der Waals surface area contributed by atoms with Crippen molar-refractivity contribution in [3.63, 3.8) is 0 Å². The van der Waals surface area contributed by atoms with Gasteiger partial charge in [0.15, 0.2) is 0 Å². The van der Waals surface area contributed by atoms with E-state index < -0.39 is 0 Å². The lowest BCUT2D eigenvalue weighted by Gasteiger charge is -1.93. The summed E-state index contributed by atoms with van der Waals surface area (Å²) in [5.41, 5.74) is 0.669. The van der Waals surface area contributed by atoms with Crippen molar-refractivity contribution < 1.29 is 4.52 Å². The standard InChI is InChI=1S/C11H10N4O/c1-8(7-12)6-10-14-11(15-16-10)9-4-2-3-5-13-9/h2-5,8H,6H2,1H3. The summed E-state index contributed by atoms with van der Waals surface area (Å²) in [4.78, 5) is 8.29. The van der Waals surface area contributed by atoms with Crippen molar-refractivity contribution >= 4 is 0 Å². The van der Waals surface area contributed by atoms with Crippen molar-refractivity contribution in [2.45, 2.75) is 13.3 Å². The second kappa shape index (κ2) is 4.53. The Balaban J connectivity index is 2.18. The Morgan fingerprint density at radius 2 is 2.38 bits per heavy atom. The Morgan fingerprint density at radius 3 is 3.06 bits per heavy atom. The molecule has 1 atom stereocenters. The lowest BCUT2D eigenvalue weighted by molar-refractivity contribution is 0.369. The van der Waals surface area contributed by atoms with Gasteiger partial charge in [-0.3, -0.25) is 4.98 Å². The van der Waals surface area contributed by atoms with Crippen LogP contribution in [0.15, 0.2) is 28.9 Å². The fourth-order valence-corrected chi connectivity index (χ4v) is 1.24. The van der Waals surface area contributed by atoms with Crippen LogP contribution in [0, 0.1) is 17.2 Å². The maximum atomic E-state index is 8.67. The fourth-order valence-electron chi connectivity index (χ4n) is 1.24. The van der Waals surface area contributed by atoms with Crippen LogP contribution in [0.4, 0.5) is 0 Å². The van der Waals surface area contributed by atoms with Crippen LogP contribution in [-0.2, 0) is 6.42 Å². The van der Waals surface area contributed by atoms with Crippen LogP contribution >= 0.6 is 0 Å². The molecule has 0 radical (unpaired) electrons. The average Bonchev–Trinajstić information content (AvgIpc) is 2.78. The molecule has 2 rings (SSSR count). The molecular formula is C11H10N4O. The van der Waals surface area contributed by atoms with Crippen LogP contribution in [0.1, 0.15) is 12.8 Å². The topological polar surface area (TPSA) is 75.6 Å². The lowest BCUT2D eigenvalue weighted by atomic mass is 10.1. The second-order valence-electron chi connectivity index (χ2n) is 3.46. The van der Waals surface area contributed by atoms with E-state index in [9.17, 15) is 0 Å². The van der Waals surface area contributed by atoms with Gasteiger partial charge in [-0.2, -0.15) is 10.2 Å². The summed E-state index contributed by atoms with van der Waals surface area (Å²) < 4.78 is 5.04. The molecule has 16 heavy (non-hydrogen) atoms. The van der Waals surface area contributed by atoms with Gasteiger partial charge in [-0.25, -0.2) is 0 Å². The molecule has 0 bridgehead atoms. The third-order valence-corrected chi connectivity index (χ3v) is 2.06. The zero-order valence-electron chi connectivity index (χ0n) is 8.79. The highest BCUT2D eigenvalue weighted by atomic mass is 16.5. The van der Waals surface area contributed by atoms with E-state index in [2.05, 4.69) is 21.2 Å². The zero-order chi connectivity index (χ0) is 11.4. The lowest BCUT2D eigenvalue weighted by Crippen LogP contribution is -1.96. The number of aromatic nitrogens is 3. The average molecular weight is 214 g/mol. The summed E-state index contributed by atoms with van der Waals surface area (Å²) >= 11 is 0. The molecule has 0 saturated heterocycles. The smallest absolute Gasteiger partial charge is 0.228 e. The minimum absolute atomic E-state index is 0.128. The summed E-state index contributed by atoms with van der Waals surface area (Å²) in [7, 11) is 0. The summed E-state index contributed by atoms with van der Waals surface area (Å²) in [6.07, 6.45) is 2.14. The number of pyridine rings is 1. The van der Waals surface area contributed by atoms with Crippen LogP contribution in [0.3, 0.4) is 0 Å². The highest BCUT2D eigenvalue weighted by molar-refractivity contribution is 5.46. The predicted molar refractivity (Wildman–Crippen MR) is 56.0 cm³/mol. The van der Waals surface area contributed by atoms with E-state index in [0.717, 1.165) is 0 Å². The molecule has 80 valence electrons. The number of hydrogen-bond acceptors (Lipinski definition) is 5. The van der Waals surface area contributed by atoms with Crippen LogP contribution < -0.4 is 0 Å². The molecule has 2 heterocycles. The second-order valence-corrected chi connectivity index (χ2v) is 3.46. The zero-order valence-corrected chi connectivity index (χ0v) is 8.79. The quantitative estimate of drug-likeness (QED) is 0.779. The van der Waals surface area contributed by atoms with E-state index in [0.29, 0.717) is 23.8 Å². The van der Waals surface area contributed by atoms with Gasteiger partial charge < -0.3 is 4.52 Å². The first kappa shape index (κ1) is 10.3. The van der Waals surface area contributed by atoms with E-state index in [1.807, 2.05) is 25.1 Å². The van der Waals surface area contributed by atoms with Gasteiger partial charge >= 0.3 is 0 Å². The summed E-state index contributed by atoms with van der Waals surface area (Å²) in [5.74, 6) is 0.799. The van der Waals surface area contributed by atoms with Crippen molar-refractivity contribution in [1.29, 1.82) is 5.26 Å². The predicted octanol–water partition coefficient (Wildman–Crippen LogP) is 1.83. The Hall–Kier alpha value is -2.22. The monoisotopic (exact) mass is 214 g/mol. The normalized spacial score (nSPS) is 12.0. The Kier molecular flexibility index (Phi) is 2.92.